The molecule has 2 aromatic heterocycles. The minimum absolute atomic E-state index is 1.34. The van der Waals surface area contributed by atoms with Crippen molar-refractivity contribution in [2.45, 2.75) is 41.5 Å². The summed E-state index contributed by atoms with van der Waals surface area (Å²) in [6, 6.07) is 9.10. The molecule has 0 saturated heterocycles. The van der Waals surface area contributed by atoms with Gasteiger partial charge in [0, 0.05) is 19.5 Å². The fourth-order valence-electron chi connectivity index (χ4n) is 2.80. The zero-order valence-corrected chi connectivity index (χ0v) is 15.8. The van der Waals surface area contributed by atoms with Crippen LogP contribution in [0, 0.1) is 41.5 Å². The number of benzene rings is 1. The van der Waals surface area contributed by atoms with Crippen molar-refractivity contribution in [3.8, 4) is 20.9 Å². The van der Waals surface area contributed by atoms with Crippen molar-refractivity contribution in [3.05, 3.63) is 56.3 Å². The Bertz CT molecular complexity index is 758. The second-order valence-corrected chi connectivity index (χ2v) is 8.50. The Morgan fingerprint density at radius 3 is 1.05 bits per heavy atom. The number of aryl methyl sites for hydroxylation is 2. The van der Waals surface area contributed by atoms with Crippen molar-refractivity contribution in [2.75, 3.05) is 0 Å². The number of hydrogen-bond acceptors (Lipinski definition) is 2. The van der Waals surface area contributed by atoms with Crippen LogP contribution in [0.4, 0.5) is 0 Å². The molecule has 0 atom stereocenters. The first-order chi connectivity index (χ1) is 10.4. The molecule has 0 aliphatic rings. The first kappa shape index (κ1) is 15.5. The van der Waals surface area contributed by atoms with Gasteiger partial charge in [0.15, 0.2) is 0 Å². The number of hydrogen-bond donors (Lipinski definition) is 0. The molecule has 0 spiro atoms. The van der Waals surface area contributed by atoms with Gasteiger partial charge < -0.3 is 0 Å². The Balaban J connectivity index is 2.02. The van der Waals surface area contributed by atoms with Gasteiger partial charge in [-0.05, 0) is 74.9 Å². The summed E-state index contributed by atoms with van der Waals surface area (Å²) in [5.74, 6) is 0. The summed E-state index contributed by atoms with van der Waals surface area (Å²) in [6.07, 6.45) is 0. The Morgan fingerprint density at radius 2 is 0.818 bits per heavy atom. The molecule has 3 aromatic rings. The van der Waals surface area contributed by atoms with Crippen LogP contribution in [-0.4, -0.2) is 0 Å². The Kier molecular flexibility index (Phi) is 4.00. The quantitative estimate of drug-likeness (QED) is 0.476. The predicted molar refractivity (Wildman–Crippen MR) is 101 cm³/mol. The van der Waals surface area contributed by atoms with Gasteiger partial charge in [-0.1, -0.05) is 24.3 Å². The van der Waals surface area contributed by atoms with Crippen LogP contribution in [0.2, 0.25) is 0 Å². The molecule has 1 aromatic carbocycles. The normalized spacial score (nSPS) is 11.2. The summed E-state index contributed by atoms with van der Waals surface area (Å²) >= 11 is 3.82. The van der Waals surface area contributed by atoms with Crippen LogP contribution in [0.25, 0.3) is 20.9 Å². The third-order valence-corrected chi connectivity index (χ3v) is 7.50. The van der Waals surface area contributed by atoms with Gasteiger partial charge >= 0.3 is 0 Å². The molecule has 0 nitrogen and oxygen atoms in total. The van der Waals surface area contributed by atoms with E-state index in [1.165, 1.54) is 52.9 Å². The number of thiophene rings is 2. The van der Waals surface area contributed by atoms with E-state index in [-0.39, 0.29) is 0 Å². The summed E-state index contributed by atoms with van der Waals surface area (Å²) in [6.45, 7) is 13.3. The van der Waals surface area contributed by atoms with E-state index in [9.17, 15) is 0 Å². The van der Waals surface area contributed by atoms with Gasteiger partial charge in [-0.3, -0.25) is 0 Å². The molecule has 0 saturated carbocycles. The fraction of sp³-hybridized carbons (Fsp3) is 0.300. The monoisotopic (exact) mass is 326 g/mol. The highest BCUT2D eigenvalue weighted by Crippen LogP contribution is 2.39. The maximum atomic E-state index is 2.27. The molecule has 0 amide bonds. The lowest BCUT2D eigenvalue weighted by Gasteiger charge is -2.04. The molecule has 3 rings (SSSR count). The SMILES string of the molecule is Cc1sc(-c2ccc(-c3sc(C)c(C)c3C)cc2)c(C)c1C. The lowest BCUT2D eigenvalue weighted by Crippen LogP contribution is -1.81. The molecule has 0 fully saturated rings. The zero-order chi connectivity index (χ0) is 16.0. The van der Waals surface area contributed by atoms with Gasteiger partial charge in [-0.15, -0.1) is 22.7 Å². The highest BCUT2D eigenvalue weighted by Gasteiger charge is 2.13. The van der Waals surface area contributed by atoms with Crippen molar-refractivity contribution in [2.24, 2.45) is 0 Å². The van der Waals surface area contributed by atoms with Gasteiger partial charge in [0.2, 0.25) is 0 Å². The topological polar surface area (TPSA) is 0 Å². The maximum Gasteiger partial charge on any atom is 0.0377 e. The van der Waals surface area contributed by atoms with E-state index in [2.05, 4.69) is 65.8 Å². The van der Waals surface area contributed by atoms with Gasteiger partial charge in [0.1, 0.15) is 0 Å². The van der Waals surface area contributed by atoms with Crippen LogP contribution in [0.15, 0.2) is 24.3 Å². The molecule has 0 radical (unpaired) electrons. The summed E-state index contributed by atoms with van der Waals surface area (Å²) in [4.78, 5) is 5.68. The fourth-order valence-corrected chi connectivity index (χ4v) is 5.15. The Hall–Kier alpha value is -1.38. The first-order valence-corrected chi connectivity index (χ1v) is 9.27. The molecular weight excluding hydrogens is 304 g/mol. The van der Waals surface area contributed by atoms with Crippen LogP contribution in [-0.2, 0) is 0 Å². The van der Waals surface area contributed by atoms with Crippen LogP contribution in [0.1, 0.15) is 32.0 Å². The second-order valence-electron chi connectivity index (χ2n) is 6.05. The third kappa shape index (κ3) is 2.45. The average molecular weight is 327 g/mol. The van der Waals surface area contributed by atoms with E-state index in [4.69, 9.17) is 0 Å². The molecule has 0 aliphatic heterocycles. The summed E-state index contributed by atoms with van der Waals surface area (Å²) in [7, 11) is 0. The van der Waals surface area contributed by atoms with E-state index < -0.39 is 0 Å². The smallest absolute Gasteiger partial charge is 0.0377 e. The summed E-state index contributed by atoms with van der Waals surface area (Å²) in [5.41, 5.74) is 8.40. The van der Waals surface area contributed by atoms with E-state index in [1.807, 2.05) is 22.7 Å². The summed E-state index contributed by atoms with van der Waals surface area (Å²) in [5, 5.41) is 0. The van der Waals surface area contributed by atoms with E-state index in [0.29, 0.717) is 0 Å². The maximum absolute atomic E-state index is 2.27. The van der Waals surface area contributed by atoms with Crippen molar-refractivity contribution in [1.82, 2.24) is 0 Å². The molecule has 114 valence electrons. The van der Waals surface area contributed by atoms with E-state index in [1.54, 1.807) is 0 Å². The van der Waals surface area contributed by atoms with Gasteiger partial charge in [0.25, 0.3) is 0 Å². The van der Waals surface area contributed by atoms with Crippen LogP contribution < -0.4 is 0 Å². The Labute approximate surface area is 141 Å². The van der Waals surface area contributed by atoms with Crippen LogP contribution in [0.5, 0.6) is 0 Å². The molecule has 0 aliphatic carbocycles. The predicted octanol–water partition coefficient (Wildman–Crippen LogP) is 6.99. The average Bonchev–Trinajstić information content (AvgIpc) is 2.92. The molecular formula is C20H22S2. The molecule has 2 heterocycles. The van der Waals surface area contributed by atoms with Gasteiger partial charge in [0.05, 0.1) is 0 Å². The Morgan fingerprint density at radius 1 is 0.500 bits per heavy atom. The van der Waals surface area contributed by atoms with Crippen LogP contribution >= 0.6 is 22.7 Å². The molecule has 0 unspecified atom stereocenters. The molecule has 2 heteroatoms. The lowest BCUT2D eigenvalue weighted by molar-refractivity contribution is 1.35. The van der Waals surface area contributed by atoms with Gasteiger partial charge in [-0.25, -0.2) is 0 Å². The minimum Gasteiger partial charge on any atom is -0.140 e. The number of rotatable bonds is 2. The van der Waals surface area contributed by atoms with Crippen molar-refractivity contribution in [1.29, 1.82) is 0 Å². The van der Waals surface area contributed by atoms with Crippen LogP contribution in [0.3, 0.4) is 0 Å². The summed E-state index contributed by atoms with van der Waals surface area (Å²) < 4.78 is 0. The van der Waals surface area contributed by atoms with E-state index in [0.717, 1.165) is 0 Å². The second kappa shape index (κ2) is 5.68. The first-order valence-electron chi connectivity index (χ1n) is 7.64. The lowest BCUT2D eigenvalue weighted by atomic mass is 10.0. The standard InChI is InChI=1S/C20H22S2/c1-11-13(3)19(21-15(11)5)17-7-9-18(10-8-17)20-14(4)12(2)16(6)22-20/h7-10H,1-6H3. The molecule has 0 bridgehead atoms. The minimum atomic E-state index is 1.34. The largest absolute Gasteiger partial charge is 0.140 e. The van der Waals surface area contributed by atoms with Crippen molar-refractivity contribution < 1.29 is 0 Å². The third-order valence-electron chi connectivity index (χ3n) is 4.78. The molecule has 22 heavy (non-hydrogen) atoms. The van der Waals surface area contributed by atoms with Crippen molar-refractivity contribution in [3.63, 3.8) is 0 Å². The van der Waals surface area contributed by atoms with Gasteiger partial charge in [-0.2, -0.15) is 0 Å². The molecule has 0 N–H and O–H groups in total. The highest BCUT2D eigenvalue weighted by molar-refractivity contribution is 7.16. The van der Waals surface area contributed by atoms with E-state index >= 15 is 0 Å². The zero-order valence-electron chi connectivity index (χ0n) is 14.1. The van der Waals surface area contributed by atoms with Crippen molar-refractivity contribution >= 4 is 22.7 Å². The highest BCUT2D eigenvalue weighted by atomic mass is 32.1.